The quantitative estimate of drug-likeness (QED) is 0.763. The monoisotopic (exact) mass is 391 g/mol. The summed E-state index contributed by atoms with van der Waals surface area (Å²) in [4.78, 5) is 24.9. The fraction of sp³-hybridized carbons (Fsp3) is 0.222. The zero-order valence-corrected chi connectivity index (χ0v) is 16.3. The number of amides is 2. The van der Waals surface area contributed by atoms with Crippen LogP contribution in [-0.2, 0) is 14.8 Å². The van der Waals surface area contributed by atoms with Crippen LogP contribution in [-0.4, -0.2) is 46.5 Å². The third kappa shape index (κ3) is 4.76. The third-order valence-corrected chi connectivity index (χ3v) is 5.23. The molecule has 144 valence electrons. The highest BCUT2D eigenvalue weighted by Gasteiger charge is 2.21. The number of aryl methyl sites for hydroxylation is 1. The number of benzene rings is 2. The van der Waals surface area contributed by atoms with Gasteiger partial charge in [-0.05, 0) is 36.8 Å². The average molecular weight is 391 g/mol. The van der Waals surface area contributed by atoms with Crippen molar-refractivity contribution in [2.45, 2.75) is 11.8 Å². The van der Waals surface area contributed by atoms with Gasteiger partial charge >= 0.3 is 12.0 Å². The summed E-state index contributed by atoms with van der Waals surface area (Å²) in [6.45, 7) is 1.62. The Morgan fingerprint density at radius 1 is 1.04 bits per heavy atom. The lowest BCUT2D eigenvalue weighted by Gasteiger charge is -2.17. The number of anilines is 2. The maximum atomic E-state index is 12.9. The Morgan fingerprint density at radius 2 is 1.67 bits per heavy atom. The minimum atomic E-state index is -4.01. The minimum Gasteiger partial charge on any atom is -0.465 e. The van der Waals surface area contributed by atoms with Crippen molar-refractivity contribution in [2.24, 2.45) is 0 Å². The second-order valence-electron chi connectivity index (χ2n) is 5.95. The summed E-state index contributed by atoms with van der Waals surface area (Å²) in [6, 6.07) is 10.3. The van der Waals surface area contributed by atoms with Crippen molar-refractivity contribution in [3.05, 3.63) is 53.6 Å². The van der Waals surface area contributed by atoms with Crippen molar-refractivity contribution in [1.29, 1.82) is 0 Å². The maximum absolute atomic E-state index is 12.9. The molecule has 2 aromatic carbocycles. The molecule has 0 saturated carbocycles. The van der Waals surface area contributed by atoms with E-state index in [1.165, 1.54) is 36.3 Å². The van der Waals surface area contributed by atoms with E-state index in [0.717, 1.165) is 0 Å². The number of hydrogen-bond donors (Lipinski definition) is 2. The van der Waals surface area contributed by atoms with Gasteiger partial charge in [0.1, 0.15) is 0 Å². The van der Waals surface area contributed by atoms with Gasteiger partial charge in [-0.3, -0.25) is 4.72 Å². The highest BCUT2D eigenvalue weighted by atomic mass is 32.2. The molecule has 9 heteroatoms. The number of methoxy groups -OCH3 is 1. The normalized spacial score (nSPS) is 10.8. The fourth-order valence-corrected chi connectivity index (χ4v) is 3.59. The SMILES string of the molecule is COC(=O)c1ccc(C)c(S(=O)(=O)Nc2ccccc2NC(=O)N(C)C)c1. The van der Waals surface area contributed by atoms with E-state index in [1.54, 1.807) is 39.2 Å². The van der Waals surface area contributed by atoms with E-state index >= 15 is 0 Å². The standard InChI is InChI=1S/C18H21N3O5S/c1-12-9-10-13(17(22)26-4)11-16(12)27(24,25)20-15-8-6-5-7-14(15)19-18(23)21(2)3/h5-11,20H,1-4H3,(H,19,23). The summed E-state index contributed by atoms with van der Waals surface area (Å²) in [5.41, 5.74) is 1.10. The first-order valence-electron chi connectivity index (χ1n) is 7.95. The zero-order chi connectivity index (χ0) is 20.2. The van der Waals surface area contributed by atoms with Gasteiger partial charge < -0.3 is 15.0 Å². The summed E-state index contributed by atoms with van der Waals surface area (Å²) >= 11 is 0. The Morgan fingerprint density at radius 3 is 2.26 bits per heavy atom. The number of rotatable bonds is 5. The minimum absolute atomic E-state index is 0.0564. The van der Waals surface area contributed by atoms with Crippen LogP contribution in [0.1, 0.15) is 15.9 Å². The molecule has 0 aromatic heterocycles. The molecule has 0 heterocycles. The average Bonchev–Trinajstić information content (AvgIpc) is 2.62. The molecule has 2 amide bonds. The van der Waals surface area contributed by atoms with Gasteiger partial charge in [0.05, 0.1) is 28.9 Å². The van der Waals surface area contributed by atoms with Crippen LogP contribution in [0.3, 0.4) is 0 Å². The molecule has 27 heavy (non-hydrogen) atoms. The highest BCUT2D eigenvalue weighted by Crippen LogP contribution is 2.26. The molecular weight excluding hydrogens is 370 g/mol. The molecule has 0 fully saturated rings. The first kappa shape index (κ1) is 20.2. The second-order valence-corrected chi connectivity index (χ2v) is 7.60. The highest BCUT2D eigenvalue weighted by molar-refractivity contribution is 7.92. The zero-order valence-electron chi connectivity index (χ0n) is 15.4. The Labute approximate surface area is 158 Å². The van der Waals surface area contributed by atoms with Crippen LogP contribution < -0.4 is 10.0 Å². The first-order chi connectivity index (χ1) is 12.7. The summed E-state index contributed by atoms with van der Waals surface area (Å²) in [6.07, 6.45) is 0. The molecule has 0 aliphatic carbocycles. The van der Waals surface area contributed by atoms with E-state index in [-0.39, 0.29) is 16.1 Å². The topological polar surface area (TPSA) is 105 Å². The Balaban J connectivity index is 2.40. The first-order valence-corrected chi connectivity index (χ1v) is 9.43. The maximum Gasteiger partial charge on any atom is 0.337 e. The van der Waals surface area contributed by atoms with Crippen LogP contribution in [0.2, 0.25) is 0 Å². The summed E-state index contributed by atoms with van der Waals surface area (Å²) < 4.78 is 32.8. The Hall–Kier alpha value is -3.07. The lowest BCUT2D eigenvalue weighted by Crippen LogP contribution is -2.28. The van der Waals surface area contributed by atoms with Crippen molar-refractivity contribution in [3.8, 4) is 0 Å². The smallest absolute Gasteiger partial charge is 0.337 e. The van der Waals surface area contributed by atoms with Gasteiger partial charge in [0.25, 0.3) is 10.0 Å². The van der Waals surface area contributed by atoms with E-state index in [1.807, 2.05) is 0 Å². The van der Waals surface area contributed by atoms with Crippen molar-refractivity contribution < 1.29 is 22.7 Å². The van der Waals surface area contributed by atoms with Gasteiger partial charge in [0.15, 0.2) is 0 Å². The summed E-state index contributed by atoms with van der Waals surface area (Å²) in [5.74, 6) is -0.634. The molecule has 0 spiro atoms. The van der Waals surface area contributed by atoms with Crippen molar-refractivity contribution in [3.63, 3.8) is 0 Å². The molecule has 2 N–H and O–H groups in total. The molecule has 0 radical (unpaired) electrons. The van der Waals surface area contributed by atoms with Crippen molar-refractivity contribution >= 4 is 33.4 Å². The van der Waals surface area contributed by atoms with E-state index in [9.17, 15) is 18.0 Å². The Kier molecular flexibility index (Phi) is 6.06. The van der Waals surface area contributed by atoms with Crippen LogP contribution >= 0.6 is 0 Å². The van der Waals surface area contributed by atoms with Gasteiger partial charge in [-0.15, -0.1) is 0 Å². The number of carbonyl (C=O) groups is 2. The number of urea groups is 1. The van der Waals surface area contributed by atoms with Gasteiger partial charge in [-0.25, -0.2) is 18.0 Å². The van der Waals surface area contributed by atoms with Crippen LogP contribution in [0.4, 0.5) is 16.2 Å². The van der Waals surface area contributed by atoms with E-state index < -0.39 is 22.0 Å². The third-order valence-electron chi connectivity index (χ3n) is 3.72. The fourth-order valence-electron chi connectivity index (χ4n) is 2.24. The summed E-state index contributed by atoms with van der Waals surface area (Å²) in [7, 11) is 0.357. The molecule has 0 bridgehead atoms. The number of nitrogens with one attached hydrogen (secondary N) is 2. The van der Waals surface area contributed by atoms with Crippen molar-refractivity contribution in [1.82, 2.24) is 4.90 Å². The molecule has 0 unspecified atom stereocenters. The number of carbonyl (C=O) groups excluding carboxylic acids is 2. The van der Waals surface area contributed by atoms with E-state index in [0.29, 0.717) is 11.3 Å². The van der Waals surface area contributed by atoms with Gasteiger partial charge in [-0.1, -0.05) is 18.2 Å². The van der Waals surface area contributed by atoms with Crippen LogP contribution in [0.15, 0.2) is 47.4 Å². The number of ether oxygens (including phenoxy) is 1. The molecule has 0 aliphatic heterocycles. The molecule has 0 aliphatic rings. The Bertz CT molecular complexity index is 971. The molecule has 2 aromatic rings. The molecule has 8 nitrogen and oxygen atoms in total. The predicted octanol–water partition coefficient (Wildman–Crippen LogP) is 2.68. The largest absolute Gasteiger partial charge is 0.465 e. The number of sulfonamides is 1. The van der Waals surface area contributed by atoms with Gasteiger partial charge in [-0.2, -0.15) is 0 Å². The van der Waals surface area contributed by atoms with E-state index in [4.69, 9.17) is 0 Å². The lowest BCUT2D eigenvalue weighted by molar-refractivity contribution is 0.0600. The van der Waals surface area contributed by atoms with Crippen molar-refractivity contribution in [2.75, 3.05) is 31.2 Å². The molecule has 0 saturated heterocycles. The second kappa shape index (κ2) is 8.09. The number of nitrogens with zero attached hydrogens (tertiary/aromatic N) is 1. The predicted molar refractivity (Wildman–Crippen MR) is 102 cm³/mol. The molecule has 0 atom stereocenters. The van der Waals surface area contributed by atoms with E-state index in [2.05, 4.69) is 14.8 Å². The van der Waals surface area contributed by atoms with Gasteiger partial charge in [0.2, 0.25) is 0 Å². The molecule has 2 rings (SSSR count). The van der Waals surface area contributed by atoms with Crippen LogP contribution in [0.25, 0.3) is 0 Å². The lowest BCUT2D eigenvalue weighted by atomic mass is 10.1. The summed E-state index contributed by atoms with van der Waals surface area (Å²) in [5, 5.41) is 2.62. The number of para-hydroxylation sites is 2. The van der Waals surface area contributed by atoms with Crippen LogP contribution in [0, 0.1) is 6.92 Å². The van der Waals surface area contributed by atoms with Gasteiger partial charge in [0, 0.05) is 14.1 Å². The molecular formula is C18H21N3O5S. The van der Waals surface area contributed by atoms with Crippen LogP contribution in [0.5, 0.6) is 0 Å². The number of esters is 1. The number of hydrogen-bond acceptors (Lipinski definition) is 5.